The fraction of sp³-hybridized carbons (Fsp3) is 0.400. The Labute approximate surface area is 126 Å². The summed E-state index contributed by atoms with van der Waals surface area (Å²) in [5.41, 5.74) is 1.23. The largest absolute Gasteiger partial charge is 0.392 e. The molecule has 0 spiro atoms. The van der Waals surface area contributed by atoms with Crippen molar-refractivity contribution >= 4 is 16.9 Å². The number of fused-ring (bicyclic) bond motifs is 1. The predicted molar refractivity (Wildman–Crippen MR) is 79.3 cm³/mol. The van der Waals surface area contributed by atoms with Crippen molar-refractivity contribution in [3.05, 3.63) is 39.3 Å². The van der Waals surface area contributed by atoms with E-state index in [9.17, 15) is 19.8 Å². The first-order valence-electron chi connectivity index (χ1n) is 7.21. The molecule has 1 aliphatic rings. The van der Waals surface area contributed by atoms with Gasteiger partial charge in [-0.05, 0) is 36.1 Å². The molecular weight excluding hydrogens is 286 g/mol. The van der Waals surface area contributed by atoms with Crippen molar-refractivity contribution in [1.29, 1.82) is 0 Å². The number of aliphatic hydroxyl groups is 2. The van der Waals surface area contributed by atoms with Crippen molar-refractivity contribution in [2.75, 3.05) is 13.1 Å². The molecule has 0 saturated carbocycles. The molecular formula is C15H17N3O4. The maximum atomic E-state index is 12.3. The topological polar surface area (TPSA) is 107 Å². The highest BCUT2D eigenvalue weighted by Gasteiger charge is 2.23. The highest BCUT2D eigenvalue weighted by molar-refractivity contribution is 5.94. The van der Waals surface area contributed by atoms with Gasteiger partial charge in [0.25, 0.3) is 11.5 Å². The van der Waals surface area contributed by atoms with Gasteiger partial charge in [-0.15, -0.1) is 0 Å². The first-order chi connectivity index (χ1) is 10.6. The molecule has 0 unspecified atom stereocenters. The van der Waals surface area contributed by atoms with Gasteiger partial charge in [0.05, 0.1) is 24.2 Å². The fourth-order valence-corrected chi connectivity index (χ4v) is 2.73. The monoisotopic (exact) mass is 303 g/mol. The lowest BCUT2D eigenvalue weighted by Crippen LogP contribution is -2.33. The van der Waals surface area contributed by atoms with E-state index >= 15 is 0 Å². The van der Waals surface area contributed by atoms with Gasteiger partial charge in [-0.2, -0.15) is 0 Å². The molecule has 0 bridgehead atoms. The molecule has 7 heteroatoms. The molecule has 1 aromatic heterocycles. The number of hydrogen-bond acceptors (Lipinski definition) is 5. The van der Waals surface area contributed by atoms with Crippen molar-refractivity contribution in [2.24, 2.45) is 0 Å². The van der Waals surface area contributed by atoms with Gasteiger partial charge in [-0.25, -0.2) is 4.98 Å². The summed E-state index contributed by atoms with van der Waals surface area (Å²) in [6, 6.07) is 3.15. The van der Waals surface area contributed by atoms with E-state index in [0.717, 1.165) is 12.8 Å². The Balaban J connectivity index is 2.10. The molecule has 2 heterocycles. The molecule has 0 aliphatic carbocycles. The molecule has 1 saturated heterocycles. The van der Waals surface area contributed by atoms with Crippen LogP contribution >= 0.6 is 0 Å². The highest BCUT2D eigenvalue weighted by Crippen LogP contribution is 2.18. The minimum absolute atomic E-state index is 0.130. The van der Waals surface area contributed by atoms with Crippen LogP contribution in [0.5, 0.6) is 0 Å². The number of aromatic nitrogens is 2. The number of benzene rings is 1. The van der Waals surface area contributed by atoms with Gasteiger partial charge < -0.3 is 20.1 Å². The first kappa shape index (κ1) is 14.7. The highest BCUT2D eigenvalue weighted by atomic mass is 16.3. The summed E-state index contributed by atoms with van der Waals surface area (Å²) in [4.78, 5) is 32.9. The van der Waals surface area contributed by atoms with Crippen LogP contribution in [0.1, 0.15) is 34.5 Å². The average molecular weight is 303 g/mol. The molecule has 0 radical (unpaired) electrons. The molecule has 0 atom stereocenters. The number of likely N-dealkylation sites (tertiary alicyclic amines) is 1. The second kappa shape index (κ2) is 5.86. The lowest BCUT2D eigenvalue weighted by Gasteiger charge is -2.14. The van der Waals surface area contributed by atoms with Crippen molar-refractivity contribution in [1.82, 2.24) is 14.9 Å². The molecule has 1 aliphatic heterocycles. The van der Waals surface area contributed by atoms with E-state index in [-0.39, 0.29) is 24.8 Å². The van der Waals surface area contributed by atoms with E-state index in [1.807, 2.05) is 0 Å². The van der Waals surface area contributed by atoms with Crippen LogP contribution in [0.4, 0.5) is 0 Å². The minimum Gasteiger partial charge on any atom is -0.392 e. The maximum absolute atomic E-state index is 12.3. The molecule has 7 nitrogen and oxygen atoms in total. The van der Waals surface area contributed by atoms with Crippen molar-refractivity contribution in [3.63, 3.8) is 0 Å². The van der Waals surface area contributed by atoms with Gasteiger partial charge in [-0.3, -0.25) is 9.59 Å². The summed E-state index contributed by atoms with van der Waals surface area (Å²) < 4.78 is 0. The van der Waals surface area contributed by atoms with Gasteiger partial charge >= 0.3 is 0 Å². The third kappa shape index (κ3) is 2.49. The van der Waals surface area contributed by atoms with Crippen LogP contribution in [0.2, 0.25) is 0 Å². The van der Waals surface area contributed by atoms with E-state index in [1.165, 1.54) is 0 Å². The molecule has 3 rings (SSSR count). The summed E-state index contributed by atoms with van der Waals surface area (Å²) in [6.45, 7) is 0.789. The lowest BCUT2D eigenvalue weighted by atomic mass is 10.1. The predicted octanol–water partition coefficient (Wildman–Crippen LogP) is 0.144. The smallest absolute Gasteiger partial charge is 0.280 e. The molecule has 2 aromatic rings. The van der Waals surface area contributed by atoms with Crippen molar-refractivity contribution in [2.45, 2.75) is 26.1 Å². The van der Waals surface area contributed by atoms with E-state index < -0.39 is 5.56 Å². The molecule has 1 amide bonds. The van der Waals surface area contributed by atoms with Crippen LogP contribution in [-0.4, -0.2) is 44.1 Å². The zero-order valence-electron chi connectivity index (χ0n) is 12.0. The van der Waals surface area contributed by atoms with Gasteiger partial charge in [0.1, 0.15) is 0 Å². The second-order valence-electron chi connectivity index (χ2n) is 5.37. The number of H-pyrrole nitrogens is 1. The Morgan fingerprint density at radius 1 is 1.18 bits per heavy atom. The van der Waals surface area contributed by atoms with Crippen molar-refractivity contribution in [3.8, 4) is 0 Å². The number of amides is 1. The Bertz CT molecular complexity index is 778. The van der Waals surface area contributed by atoms with Crippen LogP contribution in [0.3, 0.4) is 0 Å². The quantitative estimate of drug-likeness (QED) is 0.748. The number of aromatic amines is 1. The Kier molecular flexibility index (Phi) is 3.91. The molecule has 3 N–H and O–H groups in total. The molecule has 1 aromatic carbocycles. The number of nitrogens with one attached hydrogen (secondary N) is 1. The summed E-state index contributed by atoms with van der Waals surface area (Å²) in [5.74, 6) is -0.363. The number of carbonyl (C=O) groups excluding carboxylic acids is 1. The zero-order chi connectivity index (χ0) is 15.7. The standard InChI is InChI=1S/C15H17N3O4/c19-7-9-5-11-12(6-10(9)8-20)17-14(21)13(16-11)15(22)18-3-1-2-4-18/h5-6,19-20H,1-4,7-8H2,(H,17,21). The lowest BCUT2D eigenvalue weighted by molar-refractivity contribution is 0.0785. The summed E-state index contributed by atoms with van der Waals surface area (Å²) in [7, 11) is 0. The third-order valence-corrected chi connectivity index (χ3v) is 3.95. The minimum atomic E-state index is -0.537. The van der Waals surface area contributed by atoms with Crippen molar-refractivity contribution < 1.29 is 15.0 Å². The van der Waals surface area contributed by atoms with Crippen LogP contribution in [0.25, 0.3) is 11.0 Å². The Morgan fingerprint density at radius 3 is 2.45 bits per heavy atom. The van der Waals surface area contributed by atoms with E-state index in [4.69, 9.17) is 0 Å². The fourth-order valence-electron chi connectivity index (χ4n) is 2.73. The summed E-state index contributed by atoms with van der Waals surface area (Å²) >= 11 is 0. The van der Waals surface area contributed by atoms with E-state index in [2.05, 4.69) is 9.97 Å². The van der Waals surface area contributed by atoms with Gasteiger partial charge in [0.2, 0.25) is 0 Å². The maximum Gasteiger partial charge on any atom is 0.280 e. The molecule has 116 valence electrons. The Hall–Kier alpha value is -2.25. The van der Waals surface area contributed by atoms with E-state index in [0.29, 0.717) is 35.2 Å². The third-order valence-electron chi connectivity index (χ3n) is 3.95. The van der Waals surface area contributed by atoms with E-state index in [1.54, 1.807) is 17.0 Å². The average Bonchev–Trinajstić information content (AvgIpc) is 3.06. The second-order valence-corrected chi connectivity index (χ2v) is 5.37. The number of hydrogen-bond donors (Lipinski definition) is 3. The number of rotatable bonds is 3. The number of nitrogens with zero attached hydrogens (tertiary/aromatic N) is 2. The zero-order valence-corrected chi connectivity index (χ0v) is 12.0. The first-order valence-corrected chi connectivity index (χ1v) is 7.21. The normalized spacial score (nSPS) is 14.7. The SMILES string of the molecule is O=C(c1nc2cc(CO)c(CO)cc2[nH]c1=O)N1CCCC1. The van der Waals surface area contributed by atoms with Gasteiger partial charge in [0.15, 0.2) is 5.69 Å². The molecule has 22 heavy (non-hydrogen) atoms. The Morgan fingerprint density at radius 2 is 1.82 bits per heavy atom. The molecule has 1 fully saturated rings. The van der Waals surface area contributed by atoms with Crippen LogP contribution in [0.15, 0.2) is 16.9 Å². The van der Waals surface area contributed by atoms with Crippen LogP contribution < -0.4 is 5.56 Å². The number of aliphatic hydroxyl groups excluding tert-OH is 2. The van der Waals surface area contributed by atoms with Crippen LogP contribution in [0, 0.1) is 0 Å². The number of carbonyl (C=O) groups is 1. The summed E-state index contributed by atoms with van der Waals surface area (Å²) in [5, 5.41) is 18.6. The van der Waals surface area contributed by atoms with Gasteiger partial charge in [-0.1, -0.05) is 0 Å². The van der Waals surface area contributed by atoms with Crippen LogP contribution in [-0.2, 0) is 13.2 Å². The summed E-state index contributed by atoms with van der Waals surface area (Å²) in [6.07, 6.45) is 1.87. The van der Waals surface area contributed by atoms with Gasteiger partial charge in [0, 0.05) is 13.1 Å².